The number of likely N-dealkylation sites (tertiary alicyclic amines) is 1. The molecule has 0 spiro atoms. The fraction of sp³-hybridized carbons (Fsp3) is 0.818. The van der Waals surface area contributed by atoms with E-state index in [1.807, 2.05) is 0 Å². The number of nitro groups is 2. The van der Waals surface area contributed by atoms with Gasteiger partial charge in [0.25, 0.3) is 5.54 Å². The zero-order valence-corrected chi connectivity index (χ0v) is 11.9. The maximum Gasteiger partial charge on any atom is 0.331 e. The Hall–Kier alpha value is -1.41. The minimum absolute atomic E-state index is 0.120. The molecule has 2 aliphatic rings. The Kier molecular flexibility index (Phi) is 3.88. The van der Waals surface area contributed by atoms with Gasteiger partial charge in [0, 0.05) is 16.3 Å². The van der Waals surface area contributed by atoms with Gasteiger partial charge in [0.05, 0.1) is 12.9 Å². The van der Waals surface area contributed by atoms with Crippen molar-refractivity contribution in [3.8, 4) is 0 Å². The Morgan fingerprint density at radius 3 is 2.65 bits per heavy atom. The lowest BCUT2D eigenvalue weighted by Gasteiger charge is -2.42. The second kappa shape index (κ2) is 5.17. The van der Waals surface area contributed by atoms with Crippen molar-refractivity contribution in [2.24, 2.45) is 0 Å². The zero-order valence-electron chi connectivity index (χ0n) is 11.1. The minimum atomic E-state index is -1.51. The number of nitrogens with one attached hydrogen (secondary N) is 1. The first-order valence-corrected chi connectivity index (χ1v) is 6.89. The summed E-state index contributed by atoms with van der Waals surface area (Å²) >= 11 is 5.55. The third kappa shape index (κ3) is 2.22. The summed E-state index contributed by atoms with van der Waals surface area (Å²) in [5.74, 6) is 0.438. The molecule has 1 unspecified atom stereocenters. The van der Waals surface area contributed by atoms with E-state index in [9.17, 15) is 20.2 Å². The van der Waals surface area contributed by atoms with Crippen molar-refractivity contribution in [3.63, 3.8) is 0 Å². The molecule has 20 heavy (non-hydrogen) atoms. The Bertz CT molecular complexity index is 471. The van der Waals surface area contributed by atoms with E-state index >= 15 is 0 Å². The molecule has 1 saturated heterocycles. The monoisotopic (exact) mass is 306 g/mol. The fourth-order valence-electron chi connectivity index (χ4n) is 3.35. The lowest BCUT2D eigenvalue weighted by atomic mass is 9.71. The summed E-state index contributed by atoms with van der Waals surface area (Å²) in [6, 6.07) is 0. The molecule has 3 atom stereocenters. The molecule has 8 nitrogen and oxygen atoms in total. The van der Waals surface area contributed by atoms with Crippen LogP contribution in [0.3, 0.4) is 0 Å². The van der Waals surface area contributed by atoms with E-state index in [1.54, 1.807) is 7.05 Å². The third-order valence-corrected chi connectivity index (χ3v) is 4.20. The highest BCUT2D eigenvalue weighted by atomic mass is 35.5. The molecule has 0 aromatic heterocycles. The first-order chi connectivity index (χ1) is 9.36. The van der Waals surface area contributed by atoms with E-state index in [-0.39, 0.29) is 49.1 Å². The number of alkyl halides is 1. The third-order valence-electron chi connectivity index (χ3n) is 4.04. The molecule has 0 radical (unpaired) electrons. The van der Waals surface area contributed by atoms with Gasteiger partial charge in [-0.15, -0.1) is 11.6 Å². The van der Waals surface area contributed by atoms with Crippen molar-refractivity contribution in [1.29, 1.82) is 0 Å². The molecular formula is C11H17ClN3O5+. The number of fused-ring (bicyclic) bond motifs is 2. The molecule has 1 fully saturated rings. The minimum Gasteiger partial charge on any atom is -0.489 e. The van der Waals surface area contributed by atoms with Gasteiger partial charge in [-0.3, -0.25) is 20.2 Å². The molecule has 1 aliphatic heterocycles. The number of rotatable bonds is 5. The summed E-state index contributed by atoms with van der Waals surface area (Å²) in [6.45, 7) is 0.631. The maximum atomic E-state index is 11.6. The number of piperidine rings is 1. The number of halogens is 1. The topological polar surface area (TPSA) is 100.0 Å². The second-order valence-corrected chi connectivity index (χ2v) is 5.95. The molecule has 1 aliphatic carbocycles. The lowest BCUT2D eigenvalue weighted by Crippen LogP contribution is -3.16. The van der Waals surface area contributed by atoms with E-state index in [2.05, 4.69) is 0 Å². The number of hydrogen-bond acceptors (Lipinski definition) is 5. The molecule has 112 valence electrons. The summed E-state index contributed by atoms with van der Waals surface area (Å²) in [5.41, 5.74) is -2.79. The van der Waals surface area contributed by atoms with Crippen LogP contribution in [0.15, 0.2) is 11.8 Å². The predicted octanol–water partition coefficient (Wildman–Crippen LogP) is -0.521. The molecule has 2 bridgehead atoms. The number of quaternary nitrogens is 1. The van der Waals surface area contributed by atoms with Gasteiger partial charge in [0.1, 0.15) is 19.6 Å². The lowest BCUT2D eigenvalue weighted by molar-refractivity contribution is -0.927. The number of hydrogen-bond donors (Lipinski definition) is 1. The molecule has 2 rings (SSSR count). The van der Waals surface area contributed by atoms with E-state index in [0.717, 1.165) is 4.90 Å². The van der Waals surface area contributed by atoms with Crippen molar-refractivity contribution >= 4 is 11.6 Å². The van der Waals surface area contributed by atoms with Crippen molar-refractivity contribution in [2.45, 2.75) is 23.9 Å². The highest BCUT2D eigenvalue weighted by Crippen LogP contribution is 2.40. The summed E-state index contributed by atoms with van der Waals surface area (Å²) < 4.78 is 5.41. The van der Waals surface area contributed by atoms with Gasteiger partial charge in [-0.2, -0.15) is 0 Å². The van der Waals surface area contributed by atoms with Crippen molar-refractivity contribution in [2.75, 3.05) is 32.6 Å². The SMILES string of the molecule is C[NH+]1C[C@@]2([N+](=O)[O-])CC=C(OCCCl)[C@]([N+](=O)[O-])(C1)C2. The molecule has 1 N–H and O–H groups in total. The summed E-state index contributed by atoms with van der Waals surface area (Å²) in [5, 5.41) is 23.0. The van der Waals surface area contributed by atoms with Crippen LogP contribution in [-0.4, -0.2) is 53.5 Å². The van der Waals surface area contributed by atoms with Crippen LogP contribution < -0.4 is 4.90 Å². The molecule has 0 aromatic rings. The van der Waals surface area contributed by atoms with Crippen LogP contribution in [-0.2, 0) is 4.74 Å². The average Bonchev–Trinajstić information content (AvgIpc) is 2.37. The Balaban J connectivity index is 2.44. The molecular weight excluding hydrogens is 290 g/mol. The van der Waals surface area contributed by atoms with Gasteiger partial charge in [-0.1, -0.05) is 0 Å². The summed E-state index contributed by atoms with van der Waals surface area (Å²) in [6.07, 6.45) is 1.55. The predicted molar refractivity (Wildman–Crippen MR) is 70.1 cm³/mol. The van der Waals surface area contributed by atoms with Crippen LogP contribution in [0.1, 0.15) is 12.8 Å². The van der Waals surface area contributed by atoms with Gasteiger partial charge in [-0.25, -0.2) is 0 Å². The van der Waals surface area contributed by atoms with Crippen molar-refractivity contribution in [1.82, 2.24) is 0 Å². The Morgan fingerprint density at radius 1 is 1.40 bits per heavy atom. The molecule has 1 heterocycles. The van der Waals surface area contributed by atoms with E-state index in [1.165, 1.54) is 6.08 Å². The molecule has 0 saturated carbocycles. The zero-order chi connectivity index (χ0) is 15.0. The largest absolute Gasteiger partial charge is 0.489 e. The van der Waals surface area contributed by atoms with Crippen molar-refractivity contribution in [3.05, 3.63) is 32.1 Å². The summed E-state index contributed by atoms with van der Waals surface area (Å²) in [7, 11) is 1.74. The van der Waals surface area contributed by atoms with Gasteiger partial charge in [0.15, 0.2) is 12.3 Å². The van der Waals surface area contributed by atoms with Crippen LogP contribution in [0.25, 0.3) is 0 Å². The Morgan fingerprint density at radius 2 is 2.10 bits per heavy atom. The Labute approximate surface area is 120 Å². The molecule has 9 heteroatoms. The van der Waals surface area contributed by atoms with Crippen LogP contribution in [0.5, 0.6) is 0 Å². The van der Waals surface area contributed by atoms with E-state index < -0.39 is 16.0 Å². The number of nitrogens with zero attached hydrogens (tertiary/aromatic N) is 2. The van der Waals surface area contributed by atoms with Crippen LogP contribution in [0.2, 0.25) is 0 Å². The van der Waals surface area contributed by atoms with Crippen LogP contribution in [0, 0.1) is 20.2 Å². The second-order valence-electron chi connectivity index (χ2n) is 5.57. The summed E-state index contributed by atoms with van der Waals surface area (Å²) in [4.78, 5) is 22.9. The van der Waals surface area contributed by atoms with E-state index in [0.29, 0.717) is 0 Å². The molecule has 0 amide bonds. The highest BCUT2D eigenvalue weighted by Gasteiger charge is 2.68. The van der Waals surface area contributed by atoms with Crippen molar-refractivity contribution < 1.29 is 19.5 Å². The first kappa shape index (κ1) is 15.0. The normalized spacial score (nSPS) is 36.1. The molecule has 0 aromatic carbocycles. The average molecular weight is 307 g/mol. The van der Waals surface area contributed by atoms with Gasteiger partial charge in [0.2, 0.25) is 0 Å². The van der Waals surface area contributed by atoms with Gasteiger partial charge in [-0.05, 0) is 6.08 Å². The maximum absolute atomic E-state index is 11.6. The van der Waals surface area contributed by atoms with Crippen LogP contribution >= 0.6 is 11.6 Å². The van der Waals surface area contributed by atoms with Gasteiger partial charge < -0.3 is 9.64 Å². The number of likely N-dealkylation sites (N-methyl/N-ethyl adjacent to an activating group) is 1. The highest BCUT2D eigenvalue weighted by molar-refractivity contribution is 6.17. The smallest absolute Gasteiger partial charge is 0.331 e. The van der Waals surface area contributed by atoms with Gasteiger partial charge >= 0.3 is 5.54 Å². The van der Waals surface area contributed by atoms with E-state index in [4.69, 9.17) is 16.3 Å². The fourth-order valence-corrected chi connectivity index (χ4v) is 3.43. The standard InChI is InChI=1S/C11H16ClN3O5/c1-13-7-10(14(16)17)3-2-9(20-5-4-12)11(6-10,8-13)15(18)19/h2H,3-8H2,1H3/p+1/t10-,11-/m1/s1. The van der Waals surface area contributed by atoms with Crippen LogP contribution in [0.4, 0.5) is 0 Å². The quantitative estimate of drug-likeness (QED) is 0.418. The first-order valence-electron chi connectivity index (χ1n) is 6.36. The number of ether oxygens (including phenoxy) is 1.